The van der Waals surface area contributed by atoms with Crippen LogP contribution in [0.4, 0.5) is 0 Å². The summed E-state index contributed by atoms with van der Waals surface area (Å²) in [7, 11) is 0. The third-order valence-corrected chi connectivity index (χ3v) is 4.14. The average Bonchev–Trinajstić information content (AvgIpc) is 2.80. The summed E-state index contributed by atoms with van der Waals surface area (Å²) in [5.74, 6) is -0.262. The number of aromatic carboxylic acids is 1. The Balaban J connectivity index is 2.18. The van der Waals surface area contributed by atoms with Gasteiger partial charge in [-0.15, -0.1) is 11.3 Å². The van der Waals surface area contributed by atoms with Crippen molar-refractivity contribution in [1.29, 1.82) is 0 Å². The lowest BCUT2D eigenvalue weighted by Gasteiger charge is -2.22. The number of ether oxygens (including phenoxy) is 1. The summed E-state index contributed by atoms with van der Waals surface area (Å²) < 4.78 is 6.41. The number of benzene rings is 1. The van der Waals surface area contributed by atoms with Gasteiger partial charge in [0, 0.05) is 15.2 Å². The van der Waals surface area contributed by atoms with E-state index in [1.165, 1.54) is 11.3 Å². The second-order valence-corrected chi connectivity index (χ2v) is 5.29. The Morgan fingerprint density at radius 2 is 2.37 bits per heavy atom. The fourth-order valence-corrected chi connectivity index (χ4v) is 3.11. The van der Waals surface area contributed by atoms with Gasteiger partial charge in [0.2, 0.25) is 0 Å². The monoisotopic (exact) mass is 275 g/mol. The number of carbonyl (C=O) groups is 1. The first-order valence-corrected chi connectivity index (χ1v) is 6.48. The lowest BCUT2D eigenvalue weighted by molar-refractivity contribution is 0.0702. The van der Waals surface area contributed by atoms with Crippen molar-refractivity contribution in [3.63, 3.8) is 0 Å². The highest BCUT2D eigenvalue weighted by atomic mass is 32.1. The summed E-state index contributed by atoms with van der Waals surface area (Å²) in [5, 5.41) is 13.6. The molecule has 1 aliphatic rings. The van der Waals surface area contributed by atoms with Crippen LogP contribution >= 0.6 is 11.3 Å². The fraction of sp³-hybridized carbons (Fsp3) is 0.250. The molecule has 19 heavy (non-hydrogen) atoms. The molecule has 0 aliphatic carbocycles. The summed E-state index contributed by atoms with van der Waals surface area (Å²) in [6.07, 6.45) is 0.637. The second-order valence-electron chi connectivity index (χ2n) is 4.20. The molecule has 3 rings (SSSR count). The molecule has 1 aromatic heterocycles. The number of rotatable bonds is 2. The number of thiophene rings is 1. The van der Waals surface area contributed by atoms with Crippen LogP contribution in [-0.4, -0.2) is 17.7 Å². The van der Waals surface area contributed by atoms with Gasteiger partial charge in [0.05, 0.1) is 12.6 Å². The maximum absolute atomic E-state index is 11.0. The molecule has 1 unspecified atom stereocenters. The zero-order chi connectivity index (χ0) is 13.4. The molecule has 0 amide bonds. The Kier molecular flexibility index (Phi) is 2.77. The van der Waals surface area contributed by atoms with Crippen molar-refractivity contribution < 1.29 is 14.6 Å². The van der Waals surface area contributed by atoms with Gasteiger partial charge in [-0.05, 0) is 35.5 Å². The molecule has 0 radical (unpaired) electrons. The van der Waals surface area contributed by atoms with Crippen molar-refractivity contribution in [2.24, 2.45) is 5.11 Å². The Morgan fingerprint density at radius 1 is 1.53 bits per heavy atom. The summed E-state index contributed by atoms with van der Waals surface area (Å²) >= 11 is 1.21. The lowest BCUT2D eigenvalue weighted by atomic mass is 10.00. The number of azide groups is 1. The maximum atomic E-state index is 11.0. The van der Waals surface area contributed by atoms with Crippen LogP contribution in [0.25, 0.3) is 20.5 Å². The van der Waals surface area contributed by atoms with Crippen LogP contribution in [0.5, 0.6) is 5.75 Å². The number of hydrogen-bond donors (Lipinski definition) is 1. The Hall–Kier alpha value is -2.24. The molecule has 7 heteroatoms. The van der Waals surface area contributed by atoms with Crippen LogP contribution in [0, 0.1) is 0 Å². The van der Waals surface area contributed by atoms with Crippen LogP contribution in [0.2, 0.25) is 0 Å². The van der Waals surface area contributed by atoms with Crippen LogP contribution in [0.15, 0.2) is 23.3 Å². The lowest BCUT2D eigenvalue weighted by Crippen LogP contribution is -2.12. The van der Waals surface area contributed by atoms with E-state index in [1.807, 2.05) is 12.1 Å². The quantitative estimate of drug-likeness (QED) is 0.513. The smallest absolute Gasteiger partial charge is 0.345 e. The minimum absolute atomic E-state index is 0.244. The number of carboxylic acids is 1. The van der Waals surface area contributed by atoms with Crippen molar-refractivity contribution in [2.75, 3.05) is 6.61 Å². The molecule has 2 aromatic rings. The molecule has 0 saturated carbocycles. The molecule has 1 aromatic carbocycles. The van der Waals surface area contributed by atoms with E-state index in [0.717, 1.165) is 15.6 Å². The Labute approximate surface area is 111 Å². The average molecular weight is 275 g/mol. The molecule has 0 bridgehead atoms. The SMILES string of the molecule is [N-]=[N+]=NC1CCOc2cc3sc(C(=O)O)cc3cc21. The minimum Gasteiger partial charge on any atom is -0.493 e. The predicted octanol–water partition coefficient (Wildman–Crippen LogP) is 3.73. The Bertz CT molecular complexity index is 718. The summed E-state index contributed by atoms with van der Waals surface area (Å²) in [5.41, 5.74) is 9.40. The first-order chi connectivity index (χ1) is 9.19. The highest BCUT2D eigenvalue weighted by Crippen LogP contribution is 2.39. The van der Waals surface area contributed by atoms with Gasteiger partial charge >= 0.3 is 5.97 Å². The van der Waals surface area contributed by atoms with E-state index >= 15 is 0 Å². The molecule has 1 N–H and O–H groups in total. The molecule has 0 saturated heterocycles. The zero-order valence-corrected chi connectivity index (χ0v) is 10.6. The van der Waals surface area contributed by atoms with Gasteiger partial charge in [0.1, 0.15) is 10.6 Å². The van der Waals surface area contributed by atoms with Crippen molar-refractivity contribution >= 4 is 27.4 Å². The molecule has 2 heterocycles. The normalized spacial score (nSPS) is 17.4. The van der Waals surface area contributed by atoms with Gasteiger partial charge in [-0.1, -0.05) is 5.11 Å². The predicted molar refractivity (Wildman–Crippen MR) is 70.8 cm³/mol. The van der Waals surface area contributed by atoms with Crippen LogP contribution in [0.3, 0.4) is 0 Å². The minimum atomic E-state index is -0.938. The molecular weight excluding hydrogens is 266 g/mol. The van der Waals surface area contributed by atoms with Crippen molar-refractivity contribution in [3.8, 4) is 5.75 Å². The Morgan fingerprint density at radius 3 is 3.11 bits per heavy atom. The number of hydrogen-bond acceptors (Lipinski definition) is 4. The zero-order valence-electron chi connectivity index (χ0n) is 9.74. The van der Waals surface area contributed by atoms with Crippen LogP contribution in [-0.2, 0) is 0 Å². The van der Waals surface area contributed by atoms with E-state index in [-0.39, 0.29) is 10.9 Å². The molecule has 0 spiro atoms. The number of fused-ring (bicyclic) bond motifs is 2. The van der Waals surface area contributed by atoms with Crippen LogP contribution < -0.4 is 4.74 Å². The number of nitrogens with zero attached hydrogens (tertiary/aromatic N) is 3. The second kappa shape index (κ2) is 4.46. The van der Waals surface area contributed by atoms with E-state index < -0.39 is 5.97 Å². The van der Waals surface area contributed by atoms with E-state index in [4.69, 9.17) is 15.4 Å². The highest BCUT2D eigenvalue weighted by Gasteiger charge is 2.22. The van der Waals surface area contributed by atoms with Gasteiger partial charge in [0.15, 0.2) is 0 Å². The molecule has 6 nitrogen and oxygen atoms in total. The largest absolute Gasteiger partial charge is 0.493 e. The van der Waals surface area contributed by atoms with Gasteiger partial charge in [-0.2, -0.15) is 0 Å². The van der Waals surface area contributed by atoms with E-state index in [0.29, 0.717) is 18.8 Å². The molecular formula is C12H9N3O3S. The molecule has 96 valence electrons. The van der Waals surface area contributed by atoms with Gasteiger partial charge in [0.25, 0.3) is 0 Å². The van der Waals surface area contributed by atoms with Gasteiger partial charge in [-0.3, -0.25) is 0 Å². The highest BCUT2D eigenvalue weighted by molar-refractivity contribution is 7.20. The number of carboxylic acid groups (broad SMARTS) is 1. The first-order valence-electron chi connectivity index (χ1n) is 5.67. The van der Waals surface area contributed by atoms with Crippen LogP contribution in [0.1, 0.15) is 27.7 Å². The van der Waals surface area contributed by atoms with Crippen molar-refractivity contribution in [3.05, 3.63) is 39.1 Å². The van der Waals surface area contributed by atoms with E-state index in [2.05, 4.69) is 10.0 Å². The van der Waals surface area contributed by atoms with Crippen molar-refractivity contribution in [2.45, 2.75) is 12.5 Å². The fourth-order valence-electron chi connectivity index (χ4n) is 2.19. The third kappa shape index (κ3) is 1.99. The third-order valence-electron chi connectivity index (χ3n) is 3.06. The van der Waals surface area contributed by atoms with E-state index in [9.17, 15) is 4.79 Å². The topological polar surface area (TPSA) is 95.3 Å². The molecule has 1 aliphatic heterocycles. The van der Waals surface area contributed by atoms with Gasteiger partial charge < -0.3 is 9.84 Å². The standard InChI is InChI=1S/C12H9N3O3S/c13-15-14-8-1-2-18-9-5-10-6(3-7(8)9)4-11(19-10)12(16)17/h3-5,8H,1-2H2,(H,16,17). The summed E-state index contributed by atoms with van der Waals surface area (Å²) in [6, 6.07) is 5.06. The first kappa shape index (κ1) is 11.8. The molecule has 1 atom stereocenters. The van der Waals surface area contributed by atoms with E-state index in [1.54, 1.807) is 6.07 Å². The molecule has 0 fully saturated rings. The summed E-state index contributed by atoms with van der Waals surface area (Å²) in [4.78, 5) is 14.1. The van der Waals surface area contributed by atoms with Gasteiger partial charge in [-0.25, -0.2) is 4.79 Å². The van der Waals surface area contributed by atoms with Crippen molar-refractivity contribution in [1.82, 2.24) is 0 Å². The maximum Gasteiger partial charge on any atom is 0.345 e. The summed E-state index contributed by atoms with van der Waals surface area (Å²) in [6.45, 7) is 0.499.